The number of ketones is 1. The van der Waals surface area contributed by atoms with Gasteiger partial charge in [0, 0.05) is 18.9 Å². The van der Waals surface area contributed by atoms with Crippen LogP contribution in [0.15, 0.2) is 0 Å². The quantitative estimate of drug-likeness (QED) is 0.689. The first-order valence-electron chi connectivity index (χ1n) is 5.49. The van der Waals surface area contributed by atoms with E-state index in [0.29, 0.717) is 13.0 Å². The number of carbonyl (C=O) groups is 2. The van der Waals surface area contributed by atoms with Gasteiger partial charge in [-0.2, -0.15) is 0 Å². The zero-order valence-corrected chi connectivity index (χ0v) is 9.08. The predicted molar refractivity (Wildman–Crippen MR) is 54.9 cm³/mol. The first-order valence-corrected chi connectivity index (χ1v) is 5.49. The Morgan fingerprint density at radius 1 is 1.43 bits per heavy atom. The molecule has 0 aromatic carbocycles. The Kier molecular flexibility index (Phi) is 4.11. The molecular weight excluding hydrogens is 178 g/mol. The number of amides is 1. The summed E-state index contributed by atoms with van der Waals surface area (Å²) in [5.74, 6) is 0.486. The lowest BCUT2D eigenvalue weighted by Gasteiger charge is -2.28. The van der Waals surface area contributed by atoms with Crippen molar-refractivity contribution in [3.63, 3.8) is 0 Å². The van der Waals surface area contributed by atoms with Gasteiger partial charge < -0.3 is 4.90 Å². The van der Waals surface area contributed by atoms with Gasteiger partial charge in [-0.25, -0.2) is 0 Å². The van der Waals surface area contributed by atoms with Gasteiger partial charge in [0.05, 0.1) is 6.54 Å². The number of nitrogens with zero attached hydrogens (tertiary/aromatic N) is 1. The van der Waals surface area contributed by atoms with Crippen molar-refractivity contribution in [2.24, 2.45) is 5.92 Å². The molecule has 1 aliphatic heterocycles. The molecule has 1 heterocycles. The van der Waals surface area contributed by atoms with Crippen molar-refractivity contribution >= 4 is 11.7 Å². The average Bonchev–Trinajstić information content (AvgIpc) is 2.19. The van der Waals surface area contributed by atoms with E-state index in [-0.39, 0.29) is 17.6 Å². The number of Topliss-reactive ketones (excluding diaryl/α,β-unsaturated/α-hetero) is 1. The summed E-state index contributed by atoms with van der Waals surface area (Å²) < 4.78 is 0. The van der Waals surface area contributed by atoms with Gasteiger partial charge in [0.25, 0.3) is 0 Å². The number of carbonyl (C=O) groups excluding carboxylic acids is 2. The van der Waals surface area contributed by atoms with Crippen molar-refractivity contribution in [2.75, 3.05) is 13.1 Å². The molecule has 1 fully saturated rings. The molecule has 3 nitrogen and oxygen atoms in total. The van der Waals surface area contributed by atoms with Crippen LogP contribution in [0.3, 0.4) is 0 Å². The SMILES string of the molecule is CCC(CC)C(=O)N1CCCC(=O)C1. The summed E-state index contributed by atoms with van der Waals surface area (Å²) in [4.78, 5) is 24.8. The normalized spacial score (nSPS) is 17.6. The highest BCUT2D eigenvalue weighted by Crippen LogP contribution is 2.15. The molecule has 1 amide bonds. The van der Waals surface area contributed by atoms with Crippen LogP contribution in [0.2, 0.25) is 0 Å². The Bertz CT molecular complexity index is 221. The van der Waals surface area contributed by atoms with E-state index in [9.17, 15) is 9.59 Å². The minimum Gasteiger partial charge on any atom is -0.335 e. The van der Waals surface area contributed by atoms with E-state index in [2.05, 4.69) is 0 Å². The van der Waals surface area contributed by atoms with Gasteiger partial charge in [-0.15, -0.1) is 0 Å². The van der Waals surface area contributed by atoms with Crippen LogP contribution >= 0.6 is 0 Å². The zero-order chi connectivity index (χ0) is 10.6. The lowest BCUT2D eigenvalue weighted by Crippen LogP contribution is -2.43. The number of hydrogen-bond acceptors (Lipinski definition) is 2. The lowest BCUT2D eigenvalue weighted by molar-refractivity contribution is -0.141. The van der Waals surface area contributed by atoms with Crippen molar-refractivity contribution < 1.29 is 9.59 Å². The molecule has 3 heteroatoms. The van der Waals surface area contributed by atoms with Gasteiger partial charge in [-0.1, -0.05) is 13.8 Å². The molecule has 0 N–H and O–H groups in total. The largest absolute Gasteiger partial charge is 0.335 e. The van der Waals surface area contributed by atoms with Crippen LogP contribution in [-0.2, 0) is 9.59 Å². The van der Waals surface area contributed by atoms with Crippen molar-refractivity contribution in [1.29, 1.82) is 0 Å². The molecule has 1 aliphatic rings. The molecule has 1 rings (SSSR count). The second-order valence-corrected chi connectivity index (χ2v) is 3.92. The van der Waals surface area contributed by atoms with E-state index < -0.39 is 0 Å². The van der Waals surface area contributed by atoms with E-state index >= 15 is 0 Å². The molecule has 0 atom stereocenters. The fourth-order valence-electron chi connectivity index (χ4n) is 1.92. The highest BCUT2D eigenvalue weighted by molar-refractivity contribution is 5.88. The van der Waals surface area contributed by atoms with Crippen molar-refractivity contribution in [1.82, 2.24) is 4.90 Å². The summed E-state index contributed by atoms with van der Waals surface area (Å²) in [7, 11) is 0. The van der Waals surface area contributed by atoms with E-state index in [1.807, 2.05) is 13.8 Å². The summed E-state index contributed by atoms with van der Waals surface area (Å²) in [5.41, 5.74) is 0. The summed E-state index contributed by atoms with van der Waals surface area (Å²) >= 11 is 0. The number of piperidine rings is 1. The molecular formula is C11H19NO2. The van der Waals surface area contributed by atoms with E-state index in [1.54, 1.807) is 4.90 Å². The Balaban J connectivity index is 2.54. The molecule has 0 radical (unpaired) electrons. The Hall–Kier alpha value is -0.860. The molecule has 80 valence electrons. The molecule has 1 saturated heterocycles. The predicted octanol–water partition coefficient (Wildman–Crippen LogP) is 1.61. The van der Waals surface area contributed by atoms with E-state index in [0.717, 1.165) is 25.8 Å². The van der Waals surface area contributed by atoms with Crippen LogP contribution in [0.4, 0.5) is 0 Å². The third-order valence-corrected chi connectivity index (χ3v) is 2.90. The molecule has 0 aromatic rings. The van der Waals surface area contributed by atoms with Crippen molar-refractivity contribution in [3.8, 4) is 0 Å². The maximum absolute atomic E-state index is 11.9. The van der Waals surface area contributed by atoms with Crippen LogP contribution in [0, 0.1) is 5.92 Å². The summed E-state index contributed by atoms with van der Waals surface area (Å²) in [6.07, 6.45) is 3.23. The second kappa shape index (κ2) is 5.13. The summed E-state index contributed by atoms with van der Waals surface area (Å²) in [5, 5.41) is 0. The first kappa shape index (κ1) is 11.2. The van der Waals surface area contributed by atoms with Gasteiger partial charge >= 0.3 is 0 Å². The minimum atomic E-state index is 0.112. The molecule has 0 aliphatic carbocycles. The smallest absolute Gasteiger partial charge is 0.226 e. The van der Waals surface area contributed by atoms with Crippen LogP contribution < -0.4 is 0 Å². The molecule has 0 saturated carbocycles. The van der Waals surface area contributed by atoms with Gasteiger partial charge in [-0.3, -0.25) is 9.59 Å². The molecule has 0 spiro atoms. The topological polar surface area (TPSA) is 37.4 Å². The Morgan fingerprint density at radius 3 is 2.57 bits per heavy atom. The third kappa shape index (κ3) is 2.56. The van der Waals surface area contributed by atoms with Crippen LogP contribution in [-0.4, -0.2) is 29.7 Å². The van der Waals surface area contributed by atoms with E-state index in [4.69, 9.17) is 0 Å². The molecule has 0 aromatic heterocycles. The van der Waals surface area contributed by atoms with Gasteiger partial charge in [0.2, 0.25) is 5.91 Å². The zero-order valence-electron chi connectivity index (χ0n) is 9.08. The average molecular weight is 197 g/mol. The number of likely N-dealkylation sites (tertiary alicyclic amines) is 1. The molecule has 0 bridgehead atoms. The molecule has 0 unspecified atom stereocenters. The van der Waals surface area contributed by atoms with Gasteiger partial charge in [0.15, 0.2) is 5.78 Å². The Labute approximate surface area is 85.5 Å². The maximum Gasteiger partial charge on any atom is 0.226 e. The Morgan fingerprint density at radius 2 is 2.07 bits per heavy atom. The monoisotopic (exact) mass is 197 g/mol. The van der Waals surface area contributed by atoms with E-state index in [1.165, 1.54) is 0 Å². The van der Waals surface area contributed by atoms with Crippen LogP contribution in [0.5, 0.6) is 0 Å². The summed E-state index contributed by atoms with van der Waals surface area (Å²) in [6.45, 7) is 5.16. The van der Waals surface area contributed by atoms with Crippen molar-refractivity contribution in [3.05, 3.63) is 0 Å². The fourth-order valence-corrected chi connectivity index (χ4v) is 1.92. The fraction of sp³-hybridized carbons (Fsp3) is 0.818. The van der Waals surface area contributed by atoms with Crippen molar-refractivity contribution in [2.45, 2.75) is 39.5 Å². The number of rotatable bonds is 3. The summed E-state index contributed by atoms with van der Waals surface area (Å²) in [6, 6.07) is 0. The van der Waals surface area contributed by atoms with Crippen LogP contribution in [0.25, 0.3) is 0 Å². The highest BCUT2D eigenvalue weighted by atomic mass is 16.2. The molecule has 14 heavy (non-hydrogen) atoms. The van der Waals surface area contributed by atoms with Gasteiger partial charge in [-0.05, 0) is 19.3 Å². The lowest BCUT2D eigenvalue weighted by atomic mass is 10.00. The van der Waals surface area contributed by atoms with Gasteiger partial charge in [0.1, 0.15) is 0 Å². The van der Waals surface area contributed by atoms with Crippen LogP contribution in [0.1, 0.15) is 39.5 Å². The first-order chi connectivity index (χ1) is 6.69. The second-order valence-electron chi connectivity index (χ2n) is 3.92. The maximum atomic E-state index is 11.9. The number of hydrogen-bond donors (Lipinski definition) is 0. The third-order valence-electron chi connectivity index (χ3n) is 2.90. The minimum absolute atomic E-state index is 0.112. The highest BCUT2D eigenvalue weighted by Gasteiger charge is 2.25. The standard InChI is InChI=1S/C11H19NO2/c1-3-9(4-2)11(14)12-7-5-6-10(13)8-12/h9H,3-8H2,1-2H3.